The average Bonchev–Trinajstić information content (AvgIpc) is 2.90. The maximum atomic E-state index is 10.0. The Balaban J connectivity index is 1.91. The molecule has 0 saturated heterocycles. The molecule has 1 aromatic rings. The van der Waals surface area contributed by atoms with Crippen molar-refractivity contribution < 1.29 is 5.11 Å². The van der Waals surface area contributed by atoms with E-state index in [0.717, 1.165) is 30.2 Å². The van der Waals surface area contributed by atoms with Crippen LogP contribution in [0.3, 0.4) is 0 Å². The standard InChI is InChI=1S/C15H20O/c1-2-3-15(16)12-6-7-13-10-4-5-11(8-10)14(13)9-12/h6-7,9-11,15-16H,2-5,8H2,1H3. The van der Waals surface area contributed by atoms with Gasteiger partial charge in [0, 0.05) is 0 Å². The summed E-state index contributed by atoms with van der Waals surface area (Å²) in [5, 5.41) is 10.0. The predicted octanol–water partition coefficient (Wildman–Crippen LogP) is 3.88. The van der Waals surface area contributed by atoms with Crippen LogP contribution in [0.25, 0.3) is 0 Å². The van der Waals surface area contributed by atoms with Gasteiger partial charge in [-0.05, 0) is 54.2 Å². The molecule has 1 aromatic carbocycles. The Labute approximate surface area is 97.5 Å². The van der Waals surface area contributed by atoms with Gasteiger partial charge in [0.15, 0.2) is 0 Å². The highest BCUT2D eigenvalue weighted by Gasteiger charge is 2.36. The van der Waals surface area contributed by atoms with Crippen molar-refractivity contribution in [3.8, 4) is 0 Å². The van der Waals surface area contributed by atoms with Crippen LogP contribution >= 0.6 is 0 Å². The summed E-state index contributed by atoms with van der Waals surface area (Å²) in [5.74, 6) is 1.63. The molecule has 2 aliphatic rings. The maximum Gasteiger partial charge on any atom is 0.0790 e. The zero-order valence-electron chi connectivity index (χ0n) is 9.95. The third-order valence-corrected chi connectivity index (χ3v) is 4.37. The average molecular weight is 216 g/mol. The lowest BCUT2D eigenvalue weighted by atomic mass is 9.89. The molecule has 0 aromatic heterocycles. The highest BCUT2D eigenvalue weighted by molar-refractivity contribution is 5.44. The van der Waals surface area contributed by atoms with Crippen molar-refractivity contribution in [3.05, 3.63) is 34.9 Å². The van der Waals surface area contributed by atoms with Crippen molar-refractivity contribution >= 4 is 0 Å². The molecule has 1 N–H and O–H groups in total. The van der Waals surface area contributed by atoms with Crippen molar-refractivity contribution in [1.82, 2.24) is 0 Å². The molecule has 3 atom stereocenters. The summed E-state index contributed by atoms with van der Waals surface area (Å²) < 4.78 is 0. The highest BCUT2D eigenvalue weighted by atomic mass is 16.3. The zero-order chi connectivity index (χ0) is 11.1. The van der Waals surface area contributed by atoms with E-state index in [1.807, 2.05) is 0 Å². The largest absolute Gasteiger partial charge is 0.388 e. The normalized spacial score (nSPS) is 28.1. The second-order valence-electron chi connectivity index (χ2n) is 5.40. The van der Waals surface area contributed by atoms with E-state index in [1.54, 1.807) is 11.1 Å². The Hall–Kier alpha value is -0.820. The Morgan fingerprint density at radius 1 is 1.25 bits per heavy atom. The summed E-state index contributed by atoms with van der Waals surface area (Å²) >= 11 is 0. The minimum Gasteiger partial charge on any atom is -0.388 e. The van der Waals surface area contributed by atoms with Crippen molar-refractivity contribution in [3.63, 3.8) is 0 Å². The number of aliphatic hydroxyl groups is 1. The van der Waals surface area contributed by atoms with Crippen LogP contribution in [0.5, 0.6) is 0 Å². The molecular weight excluding hydrogens is 196 g/mol. The molecule has 86 valence electrons. The minimum absolute atomic E-state index is 0.255. The van der Waals surface area contributed by atoms with E-state index >= 15 is 0 Å². The van der Waals surface area contributed by atoms with Gasteiger partial charge in [0.25, 0.3) is 0 Å². The summed E-state index contributed by atoms with van der Waals surface area (Å²) in [6.45, 7) is 2.12. The highest BCUT2D eigenvalue weighted by Crippen LogP contribution is 2.53. The number of benzene rings is 1. The van der Waals surface area contributed by atoms with Gasteiger partial charge in [-0.3, -0.25) is 0 Å². The fraction of sp³-hybridized carbons (Fsp3) is 0.600. The Bertz CT molecular complexity index is 396. The van der Waals surface area contributed by atoms with E-state index in [-0.39, 0.29) is 6.10 Å². The van der Waals surface area contributed by atoms with Crippen molar-refractivity contribution in [2.45, 2.75) is 57.0 Å². The first-order valence-corrected chi connectivity index (χ1v) is 6.61. The zero-order valence-corrected chi connectivity index (χ0v) is 9.95. The molecule has 1 fully saturated rings. The maximum absolute atomic E-state index is 10.0. The molecule has 1 saturated carbocycles. The van der Waals surface area contributed by atoms with Gasteiger partial charge in [-0.15, -0.1) is 0 Å². The fourth-order valence-electron chi connectivity index (χ4n) is 3.51. The van der Waals surface area contributed by atoms with E-state index in [9.17, 15) is 5.11 Å². The molecule has 16 heavy (non-hydrogen) atoms. The van der Waals surface area contributed by atoms with Crippen molar-refractivity contribution in [2.75, 3.05) is 0 Å². The third kappa shape index (κ3) is 1.49. The van der Waals surface area contributed by atoms with Gasteiger partial charge in [-0.1, -0.05) is 31.5 Å². The van der Waals surface area contributed by atoms with Gasteiger partial charge in [0.05, 0.1) is 6.10 Å². The molecule has 3 rings (SSSR count). The summed E-state index contributed by atoms with van der Waals surface area (Å²) in [6.07, 6.45) is 5.79. The second kappa shape index (κ2) is 3.89. The van der Waals surface area contributed by atoms with Crippen molar-refractivity contribution in [2.24, 2.45) is 0 Å². The van der Waals surface area contributed by atoms with E-state index in [2.05, 4.69) is 25.1 Å². The molecule has 0 radical (unpaired) electrons. The van der Waals surface area contributed by atoms with Crippen LogP contribution in [0.4, 0.5) is 0 Å². The Kier molecular flexibility index (Phi) is 2.51. The first kappa shape index (κ1) is 10.3. The molecule has 1 heteroatoms. The lowest BCUT2D eigenvalue weighted by Gasteiger charge is -2.18. The van der Waals surface area contributed by atoms with Crippen LogP contribution in [0.15, 0.2) is 18.2 Å². The molecule has 3 unspecified atom stereocenters. The molecular formula is C15H20O. The second-order valence-corrected chi connectivity index (χ2v) is 5.40. The van der Waals surface area contributed by atoms with Crippen LogP contribution in [-0.4, -0.2) is 5.11 Å². The van der Waals surface area contributed by atoms with Crippen molar-refractivity contribution in [1.29, 1.82) is 0 Å². The molecule has 2 bridgehead atoms. The van der Waals surface area contributed by atoms with Gasteiger partial charge in [0.1, 0.15) is 0 Å². The number of aliphatic hydroxyl groups excluding tert-OH is 1. The number of hydrogen-bond donors (Lipinski definition) is 1. The molecule has 0 heterocycles. The summed E-state index contributed by atoms with van der Waals surface area (Å²) in [6, 6.07) is 6.69. The number of hydrogen-bond acceptors (Lipinski definition) is 1. The number of fused-ring (bicyclic) bond motifs is 5. The SMILES string of the molecule is CCCC(O)c1ccc2c(c1)C1CCC2C1. The van der Waals surface area contributed by atoms with Crippen LogP contribution in [-0.2, 0) is 0 Å². The van der Waals surface area contributed by atoms with Crippen LogP contribution in [0, 0.1) is 0 Å². The lowest BCUT2D eigenvalue weighted by molar-refractivity contribution is 0.166. The van der Waals surface area contributed by atoms with Gasteiger partial charge in [-0.25, -0.2) is 0 Å². The van der Waals surface area contributed by atoms with Gasteiger partial charge in [-0.2, -0.15) is 0 Å². The minimum atomic E-state index is -0.255. The van der Waals surface area contributed by atoms with Crippen LogP contribution in [0.1, 0.15) is 73.7 Å². The van der Waals surface area contributed by atoms with E-state index in [0.29, 0.717) is 0 Å². The Morgan fingerprint density at radius 2 is 2.00 bits per heavy atom. The topological polar surface area (TPSA) is 20.2 Å². The molecule has 0 amide bonds. The first-order chi connectivity index (χ1) is 7.79. The van der Waals surface area contributed by atoms with E-state index in [1.165, 1.54) is 19.3 Å². The smallest absolute Gasteiger partial charge is 0.0790 e. The molecule has 2 aliphatic carbocycles. The predicted molar refractivity (Wildman–Crippen MR) is 65.6 cm³/mol. The molecule has 0 spiro atoms. The van der Waals surface area contributed by atoms with Gasteiger partial charge < -0.3 is 5.11 Å². The van der Waals surface area contributed by atoms with Crippen LogP contribution in [0.2, 0.25) is 0 Å². The Morgan fingerprint density at radius 3 is 2.75 bits per heavy atom. The summed E-state index contributed by atoms with van der Waals surface area (Å²) in [5.41, 5.74) is 4.25. The summed E-state index contributed by atoms with van der Waals surface area (Å²) in [4.78, 5) is 0. The number of rotatable bonds is 3. The summed E-state index contributed by atoms with van der Waals surface area (Å²) in [7, 11) is 0. The van der Waals surface area contributed by atoms with Gasteiger partial charge >= 0.3 is 0 Å². The van der Waals surface area contributed by atoms with E-state index in [4.69, 9.17) is 0 Å². The van der Waals surface area contributed by atoms with E-state index < -0.39 is 0 Å². The fourth-order valence-corrected chi connectivity index (χ4v) is 3.51. The van der Waals surface area contributed by atoms with Gasteiger partial charge in [0.2, 0.25) is 0 Å². The first-order valence-electron chi connectivity index (χ1n) is 6.61. The quantitative estimate of drug-likeness (QED) is 0.812. The molecule has 0 aliphatic heterocycles. The lowest BCUT2D eigenvalue weighted by Crippen LogP contribution is -2.02. The van der Waals surface area contributed by atoms with Crippen LogP contribution < -0.4 is 0 Å². The molecule has 1 nitrogen and oxygen atoms in total. The monoisotopic (exact) mass is 216 g/mol. The third-order valence-electron chi connectivity index (χ3n) is 4.37.